The molecule has 1 atom stereocenters. The predicted molar refractivity (Wildman–Crippen MR) is 95.2 cm³/mol. The number of hydrogen-bond acceptors (Lipinski definition) is 5. The zero-order valence-electron chi connectivity index (χ0n) is 15.2. The van der Waals surface area contributed by atoms with Crippen LogP contribution in [0.25, 0.3) is 0 Å². The van der Waals surface area contributed by atoms with Gasteiger partial charge in [-0.1, -0.05) is 0 Å². The van der Waals surface area contributed by atoms with Crippen molar-refractivity contribution < 1.29 is 27.8 Å². The molecule has 2 amide bonds. The van der Waals surface area contributed by atoms with Crippen LogP contribution in [0.5, 0.6) is 0 Å². The van der Waals surface area contributed by atoms with Crippen LogP contribution in [0.1, 0.15) is 12.8 Å². The molecular weight excluding hydrogens is 372 g/mol. The van der Waals surface area contributed by atoms with Gasteiger partial charge >= 0.3 is 6.09 Å². The lowest BCUT2D eigenvalue weighted by Gasteiger charge is -2.56. The fourth-order valence-corrected chi connectivity index (χ4v) is 4.05. The number of nitrogens with zero attached hydrogens (tertiary/aromatic N) is 2. The van der Waals surface area contributed by atoms with Crippen LogP contribution in [0.2, 0.25) is 0 Å². The summed E-state index contributed by atoms with van der Waals surface area (Å²) < 4.78 is 39.7. The molecule has 4 aliphatic rings. The second kappa shape index (κ2) is 6.30. The van der Waals surface area contributed by atoms with Crippen molar-refractivity contribution in [3.63, 3.8) is 0 Å². The smallest absolute Gasteiger partial charge is 0.414 e. The molecule has 1 saturated carbocycles. The predicted octanol–water partition coefficient (Wildman–Crippen LogP) is 1.65. The zero-order chi connectivity index (χ0) is 19.5. The number of anilines is 2. The fourth-order valence-electron chi connectivity index (χ4n) is 4.05. The number of carbonyl (C=O) groups is 2. The summed E-state index contributed by atoms with van der Waals surface area (Å²) in [5.74, 6) is -1.39. The van der Waals surface area contributed by atoms with Crippen LogP contribution in [0.15, 0.2) is 12.1 Å². The van der Waals surface area contributed by atoms with Gasteiger partial charge in [-0.3, -0.25) is 9.69 Å². The number of amides is 2. The Bertz CT molecular complexity index is 809. The summed E-state index contributed by atoms with van der Waals surface area (Å²) in [5.41, 5.74) is 0.0816. The molecule has 4 fully saturated rings. The van der Waals surface area contributed by atoms with Gasteiger partial charge in [0.05, 0.1) is 37.4 Å². The Morgan fingerprint density at radius 2 is 1.89 bits per heavy atom. The van der Waals surface area contributed by atoms with Crippen LogP contribution in [0.4, 0.5) is 25.0 Å². The highest BCUT2D eigenvalue weighted by molar-refractivity contribution is 5.90. The summed E-state index contributed by atoms with van der Waals surface area (Å²) >= 11 is 0. The molecule has 9 heteroatoms. The third-order valence-corrected chi connectivity index (χ3v) is 5.82. The second-order valence-electron chi connectivity index (χ2n) is 8.24. The summed E-state index contributed by atoms with van der Waals surface area (Å²) in [6.45, 7) is 2.71. The molecule has 3 heterocycles. The molecule has 3 saturated heterocycles. The van der Waals surface area contributed by atoms with Crippen LogP contribution in [-0.4, -0.2) is 57.5 Å². The van der Waals surface area contributed by atoms with E-state index in [2.05, 4.69) is 5.32 Å². The number of benzene rings is 1. The van der Waals surface area contributed by atoms with Crippen molar-refractivity contribution in [3.05, 3.63) is 23.8 Å². The summed E-state index contributed by atoms with van der Waals surface area (Å²) in [6, 6.07) is 2.32. The van der Waals surface area contributed by atoms with Crippen molar-refractivity contribution in [2.75, 3.05) is 49.2 Å². The Labute approximate surface area is 160 Å². The number of carbonyl (C=O) groups excluding carboxylic acids is 2. The summed E-state index contributed by atoms with van der Waals surface area (Å²) in [6.07, 6.45) is 0.554. The molecule has 3 aliphatic heterocycles. The van der Waals surface area contributed by atoms with Gasteiger partial charge in [0, 0.05) is 31.1 Å². The van der Waals surface area contributed by atoms with Crippen LogP contribution in [-0.2, 0) is 14.3 Å². The highest BCUT2D eigenvalue weighted by atomic mass is 19.1. The number of halogens is 2. The van der Waals surface area contributed by atoms with E-state index < -0.39 is 23.8 Å². The van der Waals surface area contributed by atoms with Crippen LogP contribution < -0.4 is 15.1 Å². The van der Waals surface area contributed by atoms with Crippen molar-refractivity contribution in [3.8, 4) is 0 Å². The number of ether oxygens (including phenoxy) is 2. The van der Waals surface area contributed by atoms with Gasteiger partial charge in [-0.2, -0.15) is 0 Å². The molecule has 0 aromatic heterocycles. The molecule has 1 N–H and O–H groups in total. The van der Waals surface area contributed by atoms with E-state index in [4.69, 9.17) is 9.47 Å². The van der Waals surface area contributed by atoms with E-state index in [0.717, 1.165) is 25.0 Å². The minimum atomic E-state index is -0.705. The van der Waals surface area contributed by atoms with Crippen LogP contribution >= 0.6 is 0 Å². The second-order valence-corrected chi connectivity index (χ2v) is 8.24. The molecule has 28 heavy (non-hydrogen) atoms. The lowest BCUT2D eigenvalue weighted by Crippen LogP contribution is -2.66. The molecule has 7 nitrogen and oxygen atoms in total. The Morgan fingerprint density at radius 3 is 2.46 bits per heavy atom. The van der Waals surface area contributed by atoms with Crippen LogP contribution in [0.3, 0.4) is 0 Å². The maximum Gasteiger partial charge on any atom is 0.414 e. The molecular formula is C19H21F2N3O4. The van der Waals surface area contributed by atoms with Crippen molar-refractivity contribution in [2.24, 2.45) is 11.3 Å². The summed E-state index contributed by atoms with van der Waals surface area (Å²) in [7, 11) is 0. The van der Waals surface area contributed by atoms with Crippen molar-refractivity contribution in [1.82, 2.24) is 5.32 Å². The first-order chi connectivity index (χ1) is 13.4. The van der Waals surface area contributed by atoms with Crippen molar-refractivity contribution in [2.45, 2.75) is 18.9 Å². The van der Waals surface area contributed by atoms with E-state index in [0.29, 0.717) is 26.3 Å². The Hall–Kier alpha value is -2.42. The largest absolute Gasteiger partial charge is 0.442 e. The van der Waals surface area contributed by atoms with E-state index >= 15 is 0 Å². The molecule has 1 spiro atoms. The SMILES string of the molecule is O=C(NC[C@H]1CN(c2cc(F)c(N3CC4(COC4)C3)c(F)c2)C(=O)O1)C1CC1. The highest BCUT2D eigenvalue weighted by Gasteiger charge is 2.50. The lowest BCUT2D eigenvalue weighted by molar-refractivity contribution is -0.127. The standard InChI is InChI=1S/C19H21F2N3O4/c20-14-3-12(4-15(21)16(14)23-7-19(8-23)9-27-10-19)24-6-13(28-18(24)26)5-22-17(25)11-1-2-11/h3-4,11,13H,1-2,5-10H2,(H,22,25)/t13-/m0/s1. The Morgan fingerprint density at radius 1 is 1.21 bits per heavy atom. The van der Waals surface area contributed by atoms with Crippen LogP contribution in [0, 0.1) is 23.0 Å². The Balaban J connectivity index is 1.25. The Kier molecular flexibility index (Phi) is 3.97. The van der Waals surface area contributed by atoms with Gasteiger partial charge in [0.25, 0.3) is 0 Å². The van der Waals surface area contributed by atoms with Gasteiger partial charge in [-0.25, -0.2) is 13.6 Å². The van der Waals surface area contributed by atoms with Crippen molar-refractivity contribution >= 4 is 23.4 Å². The molecule has 0 unspecified atom stereocenters. The normalized spacial score (nSPS) is 25.4. The van der Waals surface area contributed by atoms with E-state index in [-0.39, 0.29) is 41.7 Å². The highest BCUT2D eigenvalue weighted by Crippen LogP contribution is 2.42. The first-order valence-corrected chi connectivity index (χ1v) is 9.52. The quantitative estimate of drug-likeness (QED) is 0.824. The molecule has 1 aromatic carbocycles. The van der Waals surface area contributed by atoms with E-state index in [1.807, 2.05) is 0 Å². The monoisotopic (exact) mass is 393 g/mol. The van der Waals surface area contributed by atoms with Gasteiger partial charge < -0.3 is 19.7 Å². The van der Waals surface area contributed by atoms with Gasteiger partial charge in [-0.15, -0.1) is 0 Å². The summed E-state index contributed by atoms with van der Waals surface area (Å²) in [4.78, 5) is 26.7. The minimum absolute atomic E-state index is 0.0361. The maximum absolute atomic E-state index is 14.6. The third kappa shape index (κ3) is 2.97. The fraction of sp³-hybridized carbons (Fsp3) is 0.579. The zero-order valence-corrected chi connectivity index (χ0v) is 15.2. The third-order valence-electron chi connectivity index (χ3n) is 5.82. The minimum Gasteiger partial charge on any atom is -0.442 e. The number of cyclic esters (lactones) is 1. The lowest BCUT2D eigenvalue weighted by atomic mass is 9.77. The molecule has 0 bridgehead atoms. The molecule has 150 valence electrons. The molecule has 1 aliphatic carbocycles. The number of hydrogen-bond donors (Lipinski definition) is 1. The van der Waals surface area contributed by atoms with Gasteiger partial charge in [-0.05, 0) is 12.8 Å². The van der Waals surface area contributed by atoms with E-state index in [1.54, 1.807) is 4.90 Å². The first-order valence-electron chi connectivity index (χ1n) is 9.52. The van der Waals surface area contributed by atoms with Crippen molar-refractivity contribution in [1.29, 1.82) is 0 Å². The topological polar surface area (TPSA) is 71.1 Å². The van der Waals surface area contributed by atoms with Gasteiger partial charge in [0.2, 0.25) is 5.91 Å². The average Bonchev–Trinajstić information content (AvgIpc) is 3.35. The van der Waals surface area contributed by atoms with E-state index in [1.165, 1.54) is 4.90 Å². The maximum atomic E-state index is 14.6. The molecule has 5 rings (SSSR count). The van der Waals surface area contributed by atoms with Gasteiger partial charge in [0.1, 0.15) is 11.8 Å². The number of rotatable bonds is 5. The average molecular weight is 393 g/mol. The molecule has 0 radical (unpaired) electrons. The van der Waals surface area contributed by atoms with E-state index in [9.17, 15) is 18.4 Å². The molecule has 1 aromatic rings. The summed E-state index contributed by atoms with van der Waals surface area (Å²) in [5, 5.41) is 2.75. The first kappa shape index (κ1) is 17.7. The van der Waals surface area contributed by atoms with Gasteiger partial charge in [0.15, 0.2) is 11.6 Å². The number of nitrogens with one attached hydrogen (secondary N) is 1.